The van der Waals surface area contributed by atoms with Crippen LogP contribution in [0, 0.1) is 13.8 Å². The van der Waals surface area contributed by atoms with Gasteiger partial charge in [-0.2, -0.15) is 20.9 Å². The van der Waals surface area contributed by atoms with Gasteiger partial charge in [-0.05, 0) is 26.0 Å². The SMILES string of the molecule is Cc1ccc(C2=NNN(c3ccc(C)cc3)N=C2)cc1. The van der Waals surface area contributed by atoms with Gasteiger partial charge < -0.3 is 0 Å². The Morgan fingerprint density at radius 1 is 0.850 bits per heavy atom. The van der Waals surface area contributed by atoms with Gasteiger partial charge in [0.25, 0.3) is 0 Å². The summed E-state index contributed by atoms with van der Waals surface area (Å²) < 4.78 is 0. The van der Waals surface area contributed by atoms with E-state index in [1.165, 1.54) is 11.1 Å². The number of aryl methyl sites for hydroxylation is 2. The Labute approximate surface area is 118 Å². The van der Waals surface area contributed by atoms with Gasteiger partial charge >= 0.3 is 0 Å². The average Bonchev–Trinajstić information content (AvgIpc) is 2.49. The van der Waals surface area contributed by atoms with Gasteiger partial charge in [-0.25, -0.2) is 0 Å². The van der Waals surface area contributed by atoms with Crippen LogP contribution in [0.2, 0.25) is 0 Å². The van der Waals surface area contributed by atoms with Gasteiger partial charge in [0.05, 0.1) is 11.9 Å². The summed E-state index contributed by atoms with van der Waals surface area (Å²) in [6.45, 7) is 4.13. The van der Waals surface area contributed by atoms with E-state index in [2.05, 4.69) is 41.7 Å². The first kappa shape index (κ1) is 12.4. The molecule has 2 aromatic rings. The Balaban J connectivity index is 1.77. The van der Waals surface area contributed by atoms with Crippen molar-refractivity contribution < 1.29 is 0 Å². The average molecular weight is 264 g/mol. The highest BCUT2D eigenvalue weighted by molar-refractivity contribution is 6.38. The topological polar surface area (TPSA) is 40.0 Å². The van der Waals surface area contributed by atoms with E-state index in [1.54, 1.807) is 11.3 Å². The van der Waals surface area contributed by atoms with Crippen LogP contribution in [0.5, 0.6) is 0 Å². The molecule has 20 heavy (non-hydrogen) atoms. The van der Waals surface area contributed by atoms with Gasteiger partial charge in [-0.15, -0.1) is 0 Å². The summed E-state index contributed by atoms with van der Waals surface area (Å²) in [7, 11) is 0. The first-order valence-corrected chi connectivity index (χ1v) is 6.53. The van der Waals surface area contributed by atoms with Crippen LogP contribution in [0.4, 0.5) is 5.69 Å². The Morgan fingerprint density at radius 3 is 2.00 bits per heavy atom. The number of hydrazine groups is 1. The van der Waals surface area contributed by atoms with E-state index in [0.717, 1.165) is 17.0 Å². The second kappa shape index (κ2) is 5.17. The number of nitrogens with one attached hydrogen (secondary N) is 1. The van der Waals surface area contributed by atoms with Crippen LogP contribution in [0.15, 0.2) is 58.7 Å². The lowest BCUT2D eigenvalue weighted by atomic mass is 10.1. The van der Waals surface area contributed by atoms with Crippen molar-refractivity contribution in [2.75, 3.05) is 5.12 Å². The summed E-state index contributed by atoms with van der Waals surface area (Å²) in [5.41, 5.74) is 8.23. The van der Waals surface area contributed by atoms with E-state index < -0.39 is 0 Å². The van der Waals surface area contributed by atoms with Gasteiger partial charge in [-0.3, -0.25) is 0 Å². The van der Waals surface area contributed by atoms with Crippen LogP contribution < -0.4 is 10.7 Å². The zero-order valence-electron chi connectivity index (χ0n) is 11.5. The maximum atomic E-state index is 4.38. The molecule has 4 nitrogen and oxygen atoms in total. The van der Waals surface area contributed by atoms with Crippen molar-refractivity contribution in [2.24, 2.45) is 10.2 Å². The molecule has 4 heteroatoms. The summed E-state index contributed by atoms with van der Waals surface area (Å²) in [6.07, 6.45) is 1.76. The minimum atomic E-state index is 0.827. The molecule has 0 bridgehead atoms. The maximum Gasteiger partial charge on any atom is 0.112 e. The fourth-order valence-electron chi connectivity index (χ4n) is 1.94. The lowest BCUT2D eigenvalue weighted by Crippen LogP contribution is -2.34. The normalized spacial score (nSPS) is 13.9. The zero-order chi connectivity index (χ0) is 13.9. The molecule has 100 valence electrons. The summed E-state index contributed by atoms with van der Waals surface area (Å²) in [6, 6.07) is 16.3. The molecular weight excluding hydrogens is 248 g/mol. The molecule has 1 heterocycles. The van der Waals surface area contributed by atoms with Gasteiger partial charge in [0.15, 0.2) is 0 Å². The molecule has 0 fully saturated rings. The highest BCUT2D eigenvalue weighted by atomic mass is 15.8. The van der Waals surface area contributed by atoms with Crippen LogP contribution in [0.3, 0.4) is 0 Å². The zero-order valence-corrected chi connectivity index (χ0v) is 11.5. The predicted molar refractivity (Wildman–Crippen MR) is 83.0 cm³/mol. The van der Waals surface area contributed by atoms with E-state index >= 15 is 0 Å². The number of benzene rings is 2. The number of nitrogens with zero attached hydrogens (tertiary/aromatic N) is 3. The van der Waals surface area contributed by atoms with Crippen molar-refractivity contribution >= 4 is 17.6 Å². The Kier molecular flexibility index (Phi) is 3.21. The second-order valence-electron chi connectivity index (χ2n) is 4.85. The van der Waals surface area contributed by atoms with Crippen molar-refractivity contribution in [2.45, 2.75) is 13.8 Å². The van der Waals surface area contributed by atoms with E-state index in [-0.39, 0.29) is 0 Å². The maximum absolute atomic E-state index is 4.38. The molecule has 0 aromatic heterocycles. The summed E-state index contributed by atoms with van der Waals surface area (Å²) >= 11 is 0. The van der Waals surface area contributed by atoms with Crippen molar-refractivity contribution in [1.82, 2.24) is 5.53 Å². The Bertz CT molecular complexity index is 654. The van der Waals surface area contributed by atoms with Crippen molar-refractivity contribution in [3.63, 3.8) is 0 Å². The van der Waals surface area contributed by atoms with Crippen molar-refractivity contribution in [1.29, 1.82) is 0 Å². The standard InChI is InChI=1S/C16H16N4/c1-12-3-7-14(8-4-12)16-11-17-20(19-18-16)15-9-5-13(2)6-10-15/h3-11,19H,1-2H3. The third-order valence-electron chi connectivity index (χ3n) is 3.19. The number of anilines is 1. The summed E-state index contributed by atoms with van der Waals surface area (Å²) in [4.78, 5) is 0. The third kappa shape index (κ3) is 2.54. The summed E-state index contributed by atoms with van der Waals surface area (Å²) in [5.74, 6) is 0. The number of hydrogen-bond donors (Lipinski definition) is 1. The Morgan fingerprint density at radius 2 is 1.45 bits per heavy atom. The second-order valence-corrected chi connectivity index (χ2v) is 4.85. The Hall–Kier alpha value is -2.62. The van der Waals surface area contributed by atoms with Gasteiger partial charge in [0, 0.05) is 5.56 Å². The smallest absolute Gasteiger partial charge is 0.112 e. The fraction of sp³-hybridized carbons (Fsp3) is 0.125. The number of rotatable bonds is 2. The number of hydrogen-bond acceptors (Lipinski definition) is 4. The minimum Gasteiger partial charge on any atom is -0.197 e. The molecule has 3 rings (SSSR count). The molecule has 1 aliphatic rings. The highest BCUT2D eigenvalue weighted by Crippen LogP contribution is 2.15. The monoisotopic (exact) mass is 264 g/mol. The van der Waals surface area contributed by atoms with Crippen LogP contribution >= 0.6 is 0 Å². The van der Waals surface area contributed by atoms with Gasteiger partial charge in [0.1, 0.15) is 5.71 Å². The molecule has 0 spiro atoms. The molecule has 0 amide bonds. The third-order valence-corrected chi connectivity index (χ3v) is 3.19. The summed E-state index contributed by atoms with van der Waals surface area (Å²) in [5, 5.41) is 10.4. The van der Waals surface area contributed by atoms with Gasteiger partial charge in [-0.1, -0.05) is 47.5 Å². The quantitative estimate of drug-likeness (QED) is 0.905. The van der Waals surface area contributed by atoms with Crippen molar-refractivity contribution in [3.8, 4) is 0 Å². The minimum absolute atomic E-state index is 0.827. The van der Waals surface area contributed by atoms with E-state index in [4.69, 9.17) is 0 Å². The first-order chi connectivity index (χ1) is 9.72. The van der Waals surface area contributed by atoms with Crippen molar-refractivity contribution in [3.05, 3.63) is 65.2 Å². The van der Waals surface area contributed by atoms with Crippen LogP contribution in [-0.2, 0) is 0 Å². The van der Waals surface area contributed by atoms with E-state index in [9.17, 15) is 0 Å². The molecule has 0 saturated heterocycles. The first-order valence-electron chi connectivity index (χ1n) is 6.53. The lowest BCUT2D eigenvalue weighted by Gasteiger charge is -2.21. The molecule has 0 saturated carbocycles. The number of hydrazone groups is 2. The van der Waals surface area contributed by atoms with Crippen LogP contribution in [0.25, 0.3) is 0 Å². The lowest BCUT2D eigenvalue weighted by molar-refractivity contribution is 0.679. The van der Waals surface area contributed by atoms with Crippen LogP contribution in [-0.4, -0.2) is 11.9 Å². The molecule has 0 aliphatic carbocycles. The molecular formula is C16H16N4. The van der Waals surface area contributed by atoms with E-state index in [1.807, 2.05) is 36.4 Å². The molecule has 1 N–H and O–H groups in total. The molecule has 0 atom stereocenters. The molecule has 0 radical (unpaired) electrons. The molecule has 0 unspecified atom stereocenters. The fourth-order valence-corrected chi connectivity index (χ4v) is 1.94. The molecule has 2 aromatic carbocycles. The van der Waals surface area contributed by atoms with E-state index in [0.29, 0.717) is 0 Å². The largest absolute Gasteiger partial charge is 0.197 e. The predicted octanol–water partition coefficient (Wildman–Crippen LogP) is 3.02. The molecule has 1 aliphatic heterocycles. The highest BCUT2D eigenvalue weighted by Gasteiger charge is 2.10. The van der Waals surface area contributed by atoms with Crippen LogP contribution in [0.1, 0.15) is 16.7 Å². The van der Waals surface area contributed by atoms with Gasteiger partial charge in [0.2, 0.25) is 0 Å².